The first-order valence-corrected chi connectivity index (χ1v) is 11.2. The molecule has 0 saturated carbocycles. The second-order valence-corrected chi connectivity index (χ2v) is 8.56. The Morgan fingerprint density at radius 2 is 1.75 bits per heavy atom. The molecule has 0 bridgehead atoms. The van der Waals surface area contributed by atoms with Crippen LogP contribution in [-0.2, 0) is 9.47 Å². The summed E-state index contributed by atoms with van der Waals surface area (Å²) in [4.78, 5) is 21.5. The number of nitrogens with one attached hydrogen (secondary N) is 1. The molecule has 2 aromatic rings. The van der Waals surface area contributed by atoms with Crippen LogP contribution in [0.1, 0.15) is 37.7 Å². The Hall–Kier alpha value is -2.78. The Balaban J connectivity index is 1.53. The number of aromatic nitrogens is 1. The average Bonchev–Trinajstić information content (AvgIpc) is 3.32. The van der Waals surface area contributed by atoms with Gasteiger partial charge in [-0.3, -0.25) is 4.79 Å². The van der Waals surface area contributed by atoms with E-state index in [-0.39, 0.29) is 17.2 Å². The van der Waals surface area contributed by atoms with Crippen molar-refractivity contribution in [2.45, 2.75) is 32.8 Å². The molecule has 2 aliphatic heterocycles. The normalized spacial score (nSPS) is 17.3. The van der Waals surface area contributed by atoms with Crippen LogP contribution in [0.2, 0.25) is 0 Å². The maximum Gasteiger partial charge on any atom is 0.298 e. The third-order valence-corrected chi connectivity index (χ3v) is 5.82. The third kappa shape index (κ3) is 5.34. The Labute approximate surface area is 188 Å². The van der Waals surface area contributed by atoms with Crippen molar-refractivity contribution in [3.05, 3.63) is 30.2 Å². The van der Waals surface area contributed by atoms with Gasteiger partial charge in [0, 0.05) is 32.2 Å². The number of amides is 1. The monoisotopic (exact) mass is 444 g/mol. The van der Waals surface area contributed by atoms with Gasteiger partial charge in [0.1, 0.15) is 17.6 Å². The molecule has 2 saturated heterocycles. The minimum atomic E-state index is -0.315. The number of nitrogens with zero attached hydrogens (tertiary/aromatic N) is 3. The van der Waals surface area contributed by atoms with E-state index in [0.29, 0.717) is 51.2 Å². The maximum absolute atomic E-state index is 13.0. The van der Waals surface area contributed by atoms with Gasteiger partial charge >= 0.3 is 0 Å². The lowest BCUT2D eigenvalue weighted by molar-refractivity contribution is 0.101. The third-order valence-electron chi connectivity index (χ3n) is 5.82. The predicted octanol–water partition coefficient (Wildman–Crippen LogP) is 3.17. The first-order chi connectivity index (χ1) is 15.4. The fourth-order valence-corrected chi connectivity index (χ4v) is 3.59. The molecule has 1 N–H and O–H groups in total. The van der Waals surface area contributed by atoms with E-state index in [1.165, 1.54) is 6.26 Å². The number of rotatable bonds is 7. The fraction of sp³-hybridized carbons (Fsp3) is 0.565. The number of oxazole rings is 1. The summed E-state index contributed by atoms with van der Waals surface area (Å²) >= 11 is 0. The summed E-state index contributed by atoms with van der Waals surface area (Å²) in [6, 6.07) is 6.20. The summed E-state index contributed by atoms with van der Waals surface area (Å²) in [5.41, 5.74) is 1.58. The van der Waals surface area contributed by atoms with Gasteiger partial charge in [-0.2, -0.15) is 4.98 Å². The molecule has 0 aliphatic carbocycles. The highest BCUT2D eigenvalue weighted by molar-refractivity contribution is 6.04. The molecule has 0 radical (unpaired) electrons. The van der Waals surface area contributed by atoms with Crippen molar-refractivity contribution in [3.63, 3.8) is 0 Å². The second-order valence-electron chi connectivity index (χ2n) is 8.56. The van der Waals surface area contributed by atoms with Crippen LogP contribution in [0.25, 0.3) is 0 Å². The lowest BCUT2D eigenvalue weighted by Gasteiger charge is -2.32. The predicted molar refractivity (Wildman–Crippen MR) is 122 cm³/mol. The summed E-state index contributed by atoms with van der Waals surface area (Å²) in [6.45, 7) is 11.6. The van der Waals surface area contributed by atoms with Crippen LogP contribution in [0.3, 0.4) is 0 Å². The minimum Gasteiger partial charge on any atom is -0.488 e. The summed E-state index contributed by atoms with van der Waals surface area (Å²) in [5, 5.41) is 3.00. The van der Waals surface area contributed by atoms with Crippen molar-refractivity contribution in [2.75, 3.05) is 67.7 Å². The van der Waals surface area contributed by atoms with Gasteiger partial charge in [-0.1, -0.05) is 6.92 Å². The standard InChI is InChI=1S/C23H32N4O5/c1-4-23(2,3)32-17-5-6-18(20(15-17)26-7-11-29-12-8-26)24-21(28)19-16-31-22(25-19)27-9-13-30-14-10-27/h5-6,15-16H,4,7-14H2,1-3H3,(H,24,28). The molecule has 1 aromatic heterocycles. The van der Waals surface area contributed by atoms with Crippen LogP contribution in [0, 0.1) is 0 Å². The number of carbonyl (C=O) groups is 1. The van der Waals surface area contributed by atoms with Gasteiger partial charge < -0.3 is 33.7 Å². The lowest BCUT2D eigenvalue weighted by atomic mass is 10.1. The summed E-state index contributed by atoms with van der Waals surface area (Å²) in [6.07, 6.45) is 2.28. The molecule has 174 valence electrons. The Morgan fingerprint density at radius 3 is 2.41 bits per heavy atom. The van der Waals surface area contributed by atoms with Gasteiger partial charge in [-0.25, -0.2) is 0 Å². The number of morpholine rings is 2. The molecular weight excluding hydrogens is 412 g/mol. The number of ether oxygens (including phenoxy) is 3. The summed E-state index contributed by atoms with van der Waals surface area (Å²) in [5.74, 6) is 0.456. The van der Waals surface area contributed by atoms with E-state index < -0.39 is 0 Å². The topological polar surface area (TPSA) is 89.3 Å². The quantitative estimate of drug-likeness (QED) is 0.697. The number of hydrogen-bond acceptors (Lipinski definition) is 8. The zero-order chi connectivity index (χ0) is 22.6. The van der Waals surface area contributed by atoms with Gasteiger partial charge in [0.25, 0.3) is 11.9 Å². The van der Waals surface area contributed by atoms with Crippen molar-refractivity contribution in [1.82, 2.24) is 4.98 Å². The van der Waals surface area contributed by atoms with Crippen molar-refractivity contribution >= 4 is 23.3 Å². The molecule has 1 aromatic carbocycles. The lowest BCUT2D eigenvalue weighted by Crippen LogP contribution is -2.37. The molecule has 0 atom stereocenters. The first kappa shape index (κ1) is 22.4. The smallest absolute Gasteiger partial charge is 0.298 e. The molecule has 0 spiro atoms. The van der Waals surface area contributed by atoms with Gasteiger partial charge in [-0.15, -0.1) is 0 Å². The zero-order valence-electron chi connectivity index (χ0n) is 19.1. The van der Waals surface area contributed by atoms with Gasteiger partial charge in [0.05, 0.1) is 37.8 Å². The van der Waals surface area contributed by atoms with Gasteiger partial charge in [0.15, 0.2) is 5.69 Å². The highest BCUT2D eigenvalue weighted by Crippen LogP contribution is 2.33. The van der Waals surface area contributed by atoms with Crippen molar-refractivity contribution in [2.24, 2.45) is 0 Å². The molecule has 4 rings (SSSR count). The van der Waals surface area contributed by atoms with E-state index in [1.54, 1.807) is 0 Å². The molecule has 2 fully saturated rings. The Bertz CT molecular complexity index is 917. The van der Waals surface area contributed by atoms with E-state index in [0.717, 1.165) is 30.9 Å². The fourth-order valence-electron chi connectivity index (χ4n) is 3.59. The molecule has 2 aliphatic rings. The van der Waals surface area contributed by atoms with E-state index >= 15 is 0 Å². The maximum atomic E-state index is 13.0. The van der Waals surface area contributed by atoms with Crippen LogP contribution in [0.4, 0.5) is 17.4 Å². The number of benzene rings is 1. The van der Waals surface area contributed by atoms with Crippen LogP contribution in [0.15, 0.2) is 28.9 Å². The molecular formula is C23H32N4O5. The molecule has 9 heteroatoms. The van der Waals surface area contributed by atoms with Crippen LogP contribution >= 0.6 is 0 Å². The van der Waals surface area contributed by atoms with Gasteiger partial charge in [-0.05, 0) is 32.4 Å². The Morgan fingerprint density at radius 1 is 1.09 bits per heavy atom. The SMILES string of the molecule is CCC(C)(C)Oc1ccc(NC(=O)c2coc(N3CCOCC3)n2)c(N2CCOCC2)c1. The van der Waals surface area contributed by atoms with Crippen molar-refractivity contribution < 1.29 is 23.4 Å². The molecule has 9 nitrogen and oxygen atoms in total. The average molecular weight is 445 g/mol. The molecule has 32 heavy (non-hydrogen) atoms. The van der Waals surface area contributed by atoms with E-state index in [4.69, 9.17) is 18.6 Å². The number of carbonyl (C=O) groups excluding carboxylic acids is 1. The highest BCUT2D eigenvalue weighted by atomic mass is 16.5. The second kappa shape index (κ2) is 9.79. The van der Waals surface area contributed by atoms with Gasteiger partial charge in [0.2, 0.25) is 0 Å². The minimum absolute atomic E-state index is 0.242. The number of anilines is 3. The van der Waals surface area contributed by atoms with E-state index in [1.807, 2.05) is 23.1 Å². The van der Waals surface area contributed by atoms with Crippen LogP contribution < -0.4 is 19.9 Å². The van der Waals surface area contributed by atoms with Crippen LogP contribution in [0.5, 0.6) is 5.75 Å². The number of hydrogen-bond donors (Lipinski definition) is 1. The summed E-state index contributed by atoms with van der Waals surface area (Å²) < 4.78 is 22.6. The zero-order valence-corrected chi connectivity index (χ0v) is 19.1. The Kier molecular flexibility index (Phi) is 6.86. The van der Waals surface area contributed by atoms with Crippen molar-refractivity contribution in [1.29, 1.82) is 0 Å². The van der Waals surface area contributed by atoms with E-state index in [2.05, 4.69) is 36.0 Å². The summed E-state index contributed by atoms with van der Waals surface area (Å²) in [7, 11) is 0. The largest absolute Gasteiger partial charge is 0.488 e. The van der Waals surface area contributed by atoms with Crippen LogP contribution in [-0.4, -0.2) is 69.1 Å². The van der Waals surface area contributed by atoms with E-state index in [9.17, 15) is 4.79 Å². The molecule has 3 heterocycles. The molecule has 0 unspecified atom stereocenters. The first-order valence-electron chi connectivity index (χ1n) is 11.2. The molecule has 1 amide bonds. The van der Waals surface area contributed by atoms with Crippen molar-refractivity contribution in [3.8, 4) is 5.75 Å². The highest BCUT2D eigenvalue weighted by Gasteiger charge is 2.23.